The Morgan fingerprint density at radius 2 is 2.40 bits per heavy atom. The van der Waals surface area contributed by atoms with Crippen molar-refractivity contribution in [3.8, 4) is 0 Å². The largest absolute Gasteiger partial charge is 0.390 e. The van der Waals surface area contributed by atoms with Crippen LogP contribution in [0.25, 0.3) is 0 Å². The van der Waals surface area contributed by atoms with E-state index in [1.807, 2.05) is 0 Å². The van der Waals surface area contributed by atoms with Gasteiger partial charge in [-0.15, -0.1) is 0 Å². The van der Waals surface area contributed by atoms with Crippen LogP contribution < -0.4 is 0 Å². The van der Waals surface area contributed by atoms with Crippen LogP contribution in [0.3, 0.4) is 0 Å². The number of carbonyl (C=O) groups excluding carboxylic acids is 1. The lowest BCUT2D eigenvalue weighted by Crippen LogP contribution is -2.23. The fraction of sp³-hybridized carbons (Fsp3) is 0.333. The molecular weight excluding hydrogens is 134 g/mol. The number of ketones is 1. The van der Waals surface area contributed by atoms with Crippen LogP contribution in [0.15, 0.2) is 16.8 Å². The second kappa shape index (κ2) is 2.72. The SMILES string of the molecule is O=C1C=C(CO)N=C[C@H]1O. The summed E-state index contributed by atoms with van der Waals surface area (Å²) in [4.78, 5) is 14.2. The van der Waals surface area contributed by atoms with Crippen LogP contribution in [0, 0.1) is 0 Å². The zero-order chi connectivity index (χ0) is 7.56. The first-order chi connectivity index (χ1) is 4.74. The molecule has 1 atom stereocenters. The van der Waals surface area contributed by atoms with Gasteiger partial charge in [0.2, 0.25) is 0 Å². The first-order valence-corrected chi connectivity index (χ1v) is 2.81. The molecule has 0 saturated carbocycles. The van der Waals surface area contributed by atoms with E-state index in [1.54, 1.807) is 0 Å². The third-order valence-corrected chi connectivity index (χ3v) is 1.14. The lowest BCUT2D eigenvalue weighted by molar-refractivity contribution is -0.119. The number of rotatable bonds is 1. The quantitative estimate of drug-likeness (QED) is 0.485. The van der Waals surface area contributed by atoms with Gasteiger partial charge in [0, 0.05) is 12.3 Å². The Morgan fingerprint density at radius 1 is 1.70 bits per heavy atom. The Morgan fingerprint density at radius 3 is 2.90 bits per heavy atom. The van der Waals surface area contributed by atoms with Gasteiger partial charge in [-0.3, -0.25) is 9.79 Å². The number of aliphatic hydroxyl groups excluding tert-OH is 2. The van der Waals surface area contributed by atoms with Crippen molar-refractivity contribution in [3.05, 3.63) is 11.8 Å². The Hall–Kier alpha value is -1.00. The summed E-state index contributed by atoms with van der Waals surface area (Å²) < 4.78 is 0. The van der Waals surface area contributed by atoms with Crippen LogP contribution in [0.4, 0.5) is 0 Å². The maximum absolute atomic E-state index is 10.6. The van der Waals surface area contributed by atoms with Gasteiger partial charge >= 0.3 is 0 Å². The van der Waals surface area contributed by atoms with Gasteiger partial charge < -0.3 is 10.2 Å². The first kappa shape index (κ1) is 7.11. The number of aliphatic imine (C=N–C) groups is 1. The highest BCUT2D eigenvalue weighted by Gasteiger charge is 2.14. The lowest BCUT2D eigenvalue weighted by atomic mass is 10.2. The standard InChI is InChI=1S/C6H7NO3/c8-3-4-1-5(9)6(10)2-7-4/h1-2,6,8,10H,3H2/t6-/m1/s1. The van der Waals surface area contributed by atoms with Crippen molar-refractivity contribution in [1.82, 2.24) is 0 Å². The summed E-state index contributed by atoms with van der Waals surface area (Å²) in [6.45, 7) is -0.269. The van der Waals surface area contributed by atoms with Crippen LogP contribution >= 0.6 is 0 Å². The van der Waals surface area contributed by atoms with Crippen molar-refractivity contribution in [2.75, 3.05) is 6.61 Å². The lowest BCUT2D eigenvalue weighted by Gasteiger charge is -2.06. The summed E-state index contributed by atoms with van der Waals surface area (Å²) >= 11 is 0. The van der Waals surface area contributed by atoms with Gasteiger partial charge in [-0.05, 0) is 0 Å². The van der Waals surface area contributed by atoms with Crippen molar-refractivity contribution < 1.29 is 15.0 Å². The predicted molar refractivity (Wildman–Crippen MR) is 34.7 cm³/mol. The van der Waals surface area contributed by atoms with Crippen LogP contribution in [-0.4, -0.2) is 34.9 Å². The molecule has 0 fully saturated rings. The fourth-order valence-electron chi connectivity index (χ4n) is 0.613. The van der Waals surface area contributed by atoms with Crippen molar-refractivity contribution in [2.24, 2.45) is 4.99 Å². The molecule has 0 aromatic heterocycles. The van der Waals surface area contributed by atoms with E-state index >= 15 is 0 Å². The third kappa shape index (κ3) is 1.29. The van der Waals surface area contributed by atoms with Gasteiger partial charge in [0.1, 0.15) is 0 Å². The molecule has 54 valence electrons. The zero-order valence-electron chi connectivity index (χ0n) is 5.19. The molecular formula is C6H7NO3. The molecule has 1 heterocycles. The summed E-state index contributed by atoms with van der Waals surface area (Å²) in [6.07, 6.45) is 1.11. The van der Waals surface area contributed by atoms with E-state index in [4.69, 9.17) is 10.2 Å². The first-order valence-electron chi connectivity index (χ1n) is 2.81. The van der Waals surface area contributed by atoms with Gasteiger partial charge in [0.25, 0.3) is 0 Å². The van der Waals surface area contributed by atoms with Crippen LogP contribution in [0.2, 0.25) is 0 Å². The predicted octanol–water partition coefficient (Wildman–Crippen LogP) is -1.12. The van der Waals surface area contributed by atoms with E-state index < -0.39 is 11.9 Å². The highest BCUT2D eigenvalue weighted by molar-refractivity contribution is 6.06. The molecule has 4 heteroatoms. The van der Waals surface area contributed by atoms with E-state index in [0.717, 1.165) is 12.3 Å². The van der Waals surface area contributed by atoms with Gasteiger partial charge in [0.15, 0.2) is 11.9 Å². The smallest absolute Gasteiger partial charge is 0.191 e. The molecule has 0 aromatic rings. The van der Waals surface area contributed by atoms with Crippen LogP contribution in [-0.2, 0) is 4.79 Å². The van der Waals surface area contributed by atoms with E-state index in [9.17, 15) is 4.79 Å². The summed E-state index contributed by atoms with van der Waals surface area (Å²) in [6, 6.07) is 0. The molecule has 1 aliphatic rings. The number of hydrogen-bond donors (Lipinski definition) is 2. The normalized spacial score (nSPS) is 24.8. The molecule has 2 N–H and O–H groups in total. The fourth-order valence-corrected chi connectivity index (χ4v) is 0.613. The molecule has 0 amide bonds. The monoisotopic (exact) mass is 141 g/mol. The number of aliphatic hydroxyl groups is 2. The molecule has 0 bridgehead atoms. The Bertz CT molecular complexity index is 207. The second-order valence-corrected chi connectivity index (χ2v) is 1.92. The molecule has 1 rings (SSSR count). The molecule has 4 nitrogen and oxygen atoms in total. The van der Waals surface area contributed by atoms with Gasteiger partial charge in [-0.2, -0.15) is 0 Å². The van der Waals surface area contributed by atoms with E-state index in [2.05, 4.69) is 4.99 Å². The average molecular weight is 141 g/mol. The van der Waals surface area contributed by atoms with Crippen LogP contribution in [0.5, 0.6) is 0 Å². The number of nitrogens with zero attached hydrogens (tertiary/aromatic N) is 1. The minimum atomic E-state index is -1.13. The highest BCUT2D eigenvalue weighted by atomic mass is 16.3. The molecule has 1 aliphatic heterocycles. The van der Waals surface area contributed by atoms with Gasteiger partial charge in [-0.1, -0.05) is 0 Å². The Balaban J connectivity index is 2.76. The highest BCUT2D eigenvalue weighted by Crippen LogP contribution is 2.02. The summed E-state index contributed by atoms with van der Waals surface area (Å²) in [5.74, 6) is -0.431. The van der Waals surface area contributed by atoms with Crippen LogP contribution in [0.1, 0.15) is 0 Å². The Labute approximate surface area is 57.5 Å². The molecule has 0 aromatic carbocycles. The average Bonchev–Trinajstić information content (AvgIpc) is 1.95. The molecule has 10 heavy (non-hydrogen) atoms. The molecule has 0 spiro atoms. The number of hydrogen-bond acceptors (Lipinski definition) is 4. The van der Waals surface area contributed by atoms with E-state index in [-0.39, 0.29) is 12.3 Å². The van der Waals surface area contributed by atoms with Crippen molar-refractivity contribution in [1.29, 1.82) is 0 Å². The maximum atomic E-state index is 10.6. The zero-order valence-corrected chi connectivity index (χ0v) is 5.19. The van der Waals surface area contributed by atoms with Gasteiger partial charge in [-0.25, -0.2) is 0 Å². The summed E-state index contributed by atoms with van der Waals surface area (Å²) in [7, 11) is 0. The molecule has 0 radical (unpaired) electrons. The number of carbonyl (C=O) groups is 1. The molecule has 0 saturated heterocycles. The van der Waals surface area contributed by atoms with Crippen molar-refractivity contribution >= 4 is 12.0 Å². The van der Waals surface area contributed by atoms with Gasteiger partial charge in [0.05, 0.1) is 12.3 Å². The molecule has 0 unspecified atom stereocenters. The summed E-state index contributed by atoms with van der Waals surface area (Å²) in [5, 5.41) is 17.2. The second-order valence-electron chi connectivity index (χ2n) is 1.92. The third-order valence-electron chi connectivity index (χ3n) is 1.14. The van der Waals surface area contributed by atoms with Crippen molar-refractivity contribution in [2.45, 2.75) is 6.10 Å². The summed E-state index contributed by atoms with van der Waals surface area (Å²) in [5.41, 5.74) is 0.287. The van der Waals surface area contributed by atoms with E-state index in [1.165, 1.54) is 0 Å². The van der Waals surface area contributed by atoms with E-state index in [0.29, 0.717) is 0 Å². The molecule has 0 aliphatic carbocycles. The minimum absolute atomic E-state index is 0.269. The topological polar surface area (TPSA) is 69.9 Å². The Kier molecular flexibility index (Phi) is 1.94. The minimum Gasteiger partial charge on any atom is -0.390 e. The van der Waals surface area contributed by atoms with Crippen molar-refractivity contribution in [3.63, 3.8) is 0 Å². The maximum Gasteiger partial charge on any atom is 0.191 e.